The highest BCUT2D eigenvalue weighted by molar-refractivity contribution is 9.10. The number of amides is 2. The van der Waals surface area contributed by atoms with E-state index in [1.807, 2.05) is 0 Å². The van der Waals surface area contributed by atoms with Crippen molar-refractivity contribution in [3.05, 3.63) is 39.8 Å². The monoisotopic (exact) mass is 393 g/mol. The molecule has 1 fully saturated rings. The number of benzene rings is 1. The van der Waals surface area contributed by atoms with Gasteiger partial charge in [-0.2, -0.15) is 0 Å². The molecule has 120 valence electrons. The third-order valence-electron chi connectivity index (χ3n) is 3.87. The molecule has 3 rings (SSSR count). The summed E-state index contributed by atoms with van der Waals surface area (Å²) >= 11 is 4.79. The third kappa shape index (κ3) is 3.97. The van der Waals surface area contributed by atoms with Crippen LogP contribution in [0.4, 0.5) is 10.8 Å². The molecular weight excluding hydrogens is 378 g/mol. The highest BCUT2D eigenvalue weighted by Crippen LogP contribution is 2.29. The van der Waals surface area contributed by atoms with Crippen LogP contribution < -0.4 is 10.6 Å². The second-order valence-corrected chi connectivity index (χ2v) is 7.21. The molecule has 0 atom stereocenters. The first-order valence-corrected chi connectivity index (χ1v) is 9.12. The zero-order chi connectivity index (χ0) is 16.2. The van der Waals surface area contributed by atoms with Crippen LogP contribution in [0.2, 0.25) is 0 Å². The van der Waals surface area contributed by atoms with Crippen LogP contribution in [0.1, 0.15) is 36.0 Å². The van der Waals surface area contributed by atoms with Crippen molar-refractivity contribution in [3.8, 4) is 0 Å². The van der Waals surface area contributed by atoms with Crippen molar-refractivity contribution in [2.45, 2.75) is 25.7 Å². The summed E-state index contributed by atoms with van der Waals surface area (Å²) in [5, 5.41) is 8.03. The number of hydrogen-bond donors (Lipinski definition) is 2. The zero-order valence-corrected chi connectivity index (χ0v) is 14.7. The third-order valence-corrected chi connectivity index (χ3v) is 5.21. The Morgan fingerprint density at radius 1 is 1.22 bits per heavy atom. The Bertz CT molecular complexity index is 712. The molecule has 23 heavy (non-hydrogen) atoms. The Balaban J connectivity index is 1.67. The molecule has 1 aliphatic rings. The molecule has 0 radical (unpaired) electrons. The lowest BCUT2D eigenvalue weighted by Gasteiger charge is -2.12. The predicted octanol–water partition coefficient (Wildman–Crippen LogP) is 4.29. The Kier molecular flexibility index (Phi) is 5.07. The summed E-state index contributed by atoms with van der Waals surface area (Å²) in [6.07, 6.45) is 5.79. The van der Waals surface area contributed by atoms with Crippen LogP contribution in [0.25, 0.3) is 0 Å². The van der Waals surface area contributed by atoms with E-state index >= 15 is 0 Å². The number of hydrogen-bond acceptors (Lipinski definition) is 4. The molecule has 0 unspecified atom stereocenters. The number of carbonyl (C=O) groups is 2. The Morgan fingerprint density at radius 3 is 2.65 bits per heavy atom. The van der Waals surface area contributed by atoms with E-state index in [0.717, 1.165) is 25.7 Å². The summed E-state index contributed by atoms with van der Waals surface area (Å²) in [5.41, 5.74) is 1.19. The minimum atomic E-state index is -0.227. The molecule has 1 saturated carbocycles. The Hall–Kier alpha value is -1.73. The Morgan fingerprint density at radius 2 is 2.00 bits per heavy atom. The molecule has 1 aliphatic carbocycles. The van der Waals surface area contributed by atoms with Gasteiger partial charge in [0.15, 0.2) is 5.13 Å². The smallest absolute Gasteiger partial charge is 0.257 e. The molecule has 0 aliphatic heterocycles. The molecular formula is C16H16BrN3O2S. The summed E-state index contributed by atoms with van der Waals surface area (Å²) in [5.74, 6) is -0.0627. The van der Waals surface area contributed by atoms with Gasteiger partial charge in [0.1, 0.15) is 0 Å². The van der Waals surface area contributed by atoms with Crippen molar-refractivity contribution in [1.29, 1.82) is 0 Å². The van der Waals surface area contributed by atoms with Gasteiger partial charge in [0.05, 0.1) is 5.69 Å². The predicted molar refractivity (Wildman–Crippen MR) is 94.8 cm³/mol. The van der Waals surface area contributed by atoms with E-state index in [2.05, 4.69) is 31.5 Å². The maximum atomic E-state index is 12.2. The number of aromatic nitrogens is 1. The van der Waals surface area contributed by atoms with Gasteiger partial charge in [-0.1, -0.05) is 12.8 Å². The minimum Gasteiger partial charge on any atom is -0.325 e. The van der Waals surface area contributed by atoms with E-state index in [4.69, 9.17) is 0 Å². The lowest BCUT2D eigenvalue weighted by molar-refractivity contribution is -0.119. The first kappa shape index (κ1) is 16.1. The number of anilines is 2. The van der Waals surface area contributed by atoms with Crippen LogP contribution in [-0.4, -0.2) is 16.8 Å². The topological polar surface area (TPSA) is 71.1 Å². The maximum absolute atomic E-state index is 12.2. The number of carbonyl (C=O) groups excluding carboxylic acids is 2. The number of halogens is 1. The lowest BCUT2D eigenvalue weighted by atomic mass is 10.1. The van der Waals surface area contributed by atoms with Crippen molar-refractivity contribution < 1.29 is 9.59 Å². The number of rotatable bonds is 4. The van der Waals surface area contributed by atoms with E-state index < -0.39 is 0 Å². The van der Waals surface area contributed by atoms with Crippen molar-refractivity contribution in [1.82, 2.24) is 4.98 Å². The van der Waals surface area contributed by atoms with E-state index in [-0.39, 0.29) is 17.7 Å². The summed E-state index contributed by atoms with van der Waals surface area (Å²) in [6.45, 7) is 0. The van der Waals surface area contributed by atoms with Gasteiger partial charge >= 0.3 is 0 Å². The average molecular weight is 394 g/mol. The van der Waals surface area contributed by atoms with Crippen molar-refractivity contribution in [2.24, 2.45) is 5.92 Å². The molecule has 1 heterocycles. The fourth-order valence-electron chi connectivity index (χ4n) is 2.63. The summed E-state index contributed by atoms with van der Waals surface area (Å²) < 4.78 is 0.690. The maximum Gasteiger partial charge on any atom is 0.257 e. The van der Waals surface area contributed by atoms with Gasteiger partial charge in [-0.05, 0) is 47.0 Å². The molecule has 1 aromatic carbocycles. The second-order valence-electron chi connectivity index (χ2n) is 5.46. The SMILES string of the molecule is O=C(Nc1nccs1)c1ccc(NC(=O)C2CCCC2)c(Br)c1. The number of nitrogens with one attached hydrogen (secondary N) is 2. The molecule has 0 bridgehead atoms. The summed E-state index contributed by atoms with van der Waals surface area (Å²) in [4.78, 5) is 28.4. The van der Waals surface area contributed by atoms with Gasteiger partial charge in [-0.3, -0.25) is 14.9 Å². The molecule has 0 saturated heterocycles. The van der Waals surface area contributed by atoms with Gasteiger partial charge in [0.2, 0.25) is 5.91 Å². The van der Waals surface area contributed by atoms with E-state index in [0.29, 0.717) is 20.9 Å². The van der Waals surface area contributed by atoms with E-state index in [1.54, 1.807) is 29.8 Å². The van der Waals surface area contributed by atoms with Gasteiger partial charge < -0.3 is 5.32 Å². The van der Waals surface area contributed by atoms with Crippen molar-refractivity contribution >= 4 is 49.9 Å². The lowest BCUT2D eigenvalue weighted by Crippen LogP contribution is -2.20. The average Bonchev–Trinajstić information content (AvgIpc) is 3.22. The highest BCUT2D eigenvalue weighted by atomic mass is 79.9. The Labute approximate surface area is 146 Å². The molecule has 0 spiro atoms. The second kappa shape index (κ2) is 7.23. The van der Waals surface area contributed by atoms with E-state index in [9.17, 15) is 9.59 Å². The quantitative estimate of drug-likeness (QED) is 0.813. The van der Waals surface area contributed by atoms with Crippen molar-refractivity contribution in [2.75, 3.05) is 10.6 Å². The highest BCUT2D eigenvalue weighted by Gasteiger charge is 2.23. The molecule has 5 nitrogen and oxygen atoms in total. The largest absolute Gasteiger partial charge is 0.325 e. The van der Waals surface area contributed by atoms with Crippen LogP contribution in [0.5, 0.6) is 0 Å². The molecule has 2 amide bonds. The molecule has 2 aromatic rings. The fraction of sp³-hybridized carbons (Fsp3) is 0.312. The van der Waals surface area contributed by atoms with Crippen molar-refractivity contribution in [3.63, 3.8) is 0 Å². The fourth-order valence-corrected chi connectivity index (χ4v) is 3.64. The van der Waals surface area contributed by atoms with Gasteiger partial charge in [-0.25, -0.2) is 4.98 Å². The first-order chi connectivity index (χ1) is 11.1. The molecule has 1 aromatic heterocycles. The van der Waals surface area contributed by atoms with Crippen LogP contribution in [0.3, 0.4) is 0 Å². The van der Waals surface area contributed by atoms with E-state index in [1.165, 1.54) is 11.3 Å². The minimum absolute atomic E-state index is 0.0585. The standard InChI is InChI=1S/C16H16BrN3O2S/c17-12-9-11(15(22)20-16-18-7-8-23-16)5-6-13(12)19-14(21)10-3-1-2-4-10/h5-10H,1-4H2,(H,19,21)(H,18,20,22). The van der Waals surface area contributed by atoms with Crippen LogP contribution in [0, 0.1) is 5.92 Å². The van der Waals surface area contributed by atoms with Crippen LogP contribution >= 0.6 is 27.3 Å². The molecule has 7 heteroatoms. The van der Waals surface area contributed by atoms with Gasteiger partial charge in [0.25, 0.3) is 5.91 Å². The van der Waals surface area contributed by atoms with Crippen LogP contribution in [0.15, 0.2) is 34.2 Å². The van der Waals surface area contributed by atoms with Gasteiger partial charge in [0, 0.05) is 27.5 Å². The van der Waals surface area contributed by atoms with Gasteiger partial charge in [-0.15, -0.1) is 11.3 Å². The normalized spacial score (nSPS) is 14.7. The number of nitrogens with zero attached hydrogens (tertiary/aromatic N) is 1. The van der Waals surface area contributed by atoms with Crippen LogP contribution in [-0.2, 0) is 4.79 Å². The summed E-state index contributed by atoms with van der Waals surface area (Å²) in [6, 6.07) is 5.14. The first-order valence-electron chi connectivity index (χ1n) is 7.45. The summed E-state index contributed by atoms with van der Waals surface area (Å²) in [7, 11) is 0. The zero-order valence-electron chi connectivity index (χ0n) is 12.3. The molecule has 2 N–H and O–H groups in total. The number of thiazole rings is 1.